The van der Waals surface area contributed by atoms with Crippen molar-refractivity contribution in [3.8, 4) is 0 Å². The van der Waals surface area contributed by atoms with Gasteiger partial charge in [0.2, 0.25) is 0 Å². The van der Waals surface area contributed by atoms with E-state index in [0.717, 1.165) is 55.6 Å². The van der Waals surface area contributed by atoms with Crippen LogP contribution in [0.5, 0.6) is 0 Å². The minimum Gasteiger partial charge on any atom is -0.444 e. The van der Waals surface area contributed by atoms with Gasteiger partial charge in [-0.05, 0) is 74.5 Å². The summed E-state index contributed by atoms with van der Waals surface area (Å²) in [5, 5.41) is 12.3. The predicted octanol–water partition coefficient (Wildman–Crippen LogP) is 4.46. The van der Waals surface area contributed by atoms with Gasteiger partial charge in [0, 0.05) is 61.6 Å². The van der Waals surface area contributed by atoms with E-state index in [-0.39, 0.29) is 11.5 Å². The molecule has 3 heterocycles. The molecule has 1 unspecified atom stereocenters. The van der Waals surface area contributed by atoms with E-state index in [0.29, 0.717) is 17.8 Å². The molecule has 2 aliphatic heterocycles. The molecule has 0 bridgehead atoms. The molecule has 0 aromatic carbocycles. The average molecular weight is 504 g/mol. The van der Waals surface area contributed by atoms with Gasteiger partial charge in [-0.25, -0.2) is 4.79 Å². The van der Waals surface area contributed by atoms with Crippen LogP contribution in [0.25, 0.3) is 0 Å². The zero-order valence-corrected chi connectivity index (χ0v) is 21.0. The average Bonchev–Trinajstić information content (AvgIpc) is 3.16. The highest BCUT2D eigenvalue weighted by molar-refractivity contribution is 9.12. The van der Waals surface area contributed by atoms with Crippen molar-refractivity contribution in [3.05, 3.63) is 40.3 Å². The number of likely N-dealkylation sites (tertiary alicyclic amines) is 2. The topological polar surface area (TPSA) is 81.6 Å². The van der Waals surface area contributed by atoms with E-state index in [4.69, 9.17) is 10.1 Å². The zero-order chi connectivity index (χ0) is 23.1. The first-order chi connectivity index (χ1) is 15.1. The SMILES string of the molecule is C/C(NC1CC2(C1)CN(C(=O)OC(C)(C)C)C2)=C(\Br)C(=N)N1CCC(c2cccnc2)C1. The molecule has 1 aromatic heterocycles. The standard InChI is InChI=1S/C24H34BrN5O2/c1-16(20(25)21(26)29-9-7-18(13-29)17-6-5-8-27-12-17)28-19-10-24(11-19)14-30(15-24)22(31)32-23(2,3)4/h5-6,8,12,18-19,26,28H,7,9-11,13-15H2,1-4H3/b20-16+,26-21?. The van der Waals surface area contributed by atoms with E-state index in [1.807, 2.05) is 44.9 Å². The Hall–Kier alpha value is -2.09. The van der Waals surface area contributed by atoms with Gasteiger partial charge < -0.3 is 19.9 Å². The third-order valence-corrected chi connectivity index (χ3v) is 7.65. The van der Waals surface area contributed by atoms with E-state index in [9.17, 15) is 4.79 Å². The second-order valence-electron chi connectivity index (χ2n) is 10.6. The monoisotopic (exact) mass is 503 g/mol. The van der Waals surface area contributed by atoms with Gasteiger partial charge in [0.1, 0.15) is 11.4 Å². The third-order valence-electron chi connectivity index (χ3n) is 6.68. The number of amides is 1. The molecule has 1 aliphatic carbocycles. The molecule has 0 radical (unpaired) electrons. The molecular weight excluding hydrogens is 470 g/mol. The van der Waals surface area contributed by atoms with Crippen LogP contribution < -0.4 is 5.32 Å². The molecular formula is C24H34BrN5O2. The second kappa shape index (κ2) is 8.69. The number of hydrogen-bond acceptors (Lipinski definition) is 5. The number of allylic oxidation sites excluding steroid dienone is 1. The lowest BCUT2D eigenvalue weighted by atomic mass is 9.60. The van der Waals surface area contributed by atoms with Gasteiger partial charge in [-0.2, -0.15) is 0 Å². The molecule has 2 saturated heterocycles. The maximum Gasteiger partial charge on any atom is 0.410 e. The number of pyridine rings is 1. The first kappa shape index (κ1) is 23.1. The Morgan fingerprint density at radius 1 is 1.31 bits per heavy atom. The van der Waals surface area contributed by atoms with Gasteiger partial charge in [0.25, 0.3) is 0 Å². The lowest BCUT2D eigenvalue weighted by Gasteiger charge is -2.58. The molecule has 4 rings (SSSR count). The number of carbonyl (C=O) groups is 1. The van der Waals surface area contributed by atoms with Gasteiger partial charge in [-0.3, -0.25) is 10.4 Å². The van der Waals surface area contributed by atoms with E-state index < -0.39 is 5.60 Å². The van der Waals surface area contributed by atoms with Crippen molar-refractivity contribution in [2.75, 3.05) is 26.2 Å². The number of halogens is 1. The zero-order valence-electron chi connectivity index (χ0n) is 19.4. The van der Waals surface area contributed by atoms with E-state index in [1.54, 1.807) is 6.20 Å². The fourth-order valence-electron chi connectivity index (χ4n) is 5.10. The fourth-order valence-corrected chi connectivity index (χ4v) is 5.47. The number of ether oxygens (including phenoxy) is 1. The lowest BCUT2D eigenvalue weighted by Crippen LogP contribution is -2.67. The summed E-state index contributed by atoms with van der Waals surface area (Å²) in [4.78, 5) is 20.4. The number of nitrogens with one attached hydrogen (secondary N) is 2. The molecule has 2 N–H and O–H groups in total. The smallest absolute Gasteiger partial charge is 0.410 e. The van der Waals surface area contributed by atoms with E-state index in [1.165, 1.54) is 5.56 Å². The first-order valence-electron chi connectivity index (χ1n) is 11.4. The van der Waals surface area contributed by atoms with Crippen LogP contribution in [-0.4, -0.2) is 64.5 Å². The highest BCUT2D eigenvalue weighted by Crippen LogP contribution is 2.49. The van der Waals surface area contributed by atoms with Crippen LogP contribution in [0.15, 0.2) is 34.7 Å². The minimum absolute atomic E-state index is 0.206. The Morgan fingerprint density at radius 2 is 2.03 bits per heavy atom. The molecule has 1 saturated carbocycles. The summed E-state index contributed by atoms with van der Waals surface area (Å²) in [5.74, 6) is 0.964. The summed E-state index contributed by atoms with van der Waals surface area (Å²) in [7, 11) is 0. The van der Waals surface area contributed by atoms with Crippen molar-refractivity contribution in [1.29, 1.82) is 5.41 Å². The number of rotatable bonds is 4. The molecule has 1 aromatic rings. The maximum atomic E-state index is 12.2. The molecule has 3 fully saturated rings. The summed E-state index contributed by atoms with van der Waals surface area (Å²) in [6.45, 7) is 11.0. The first-order valence-corrected chi connectivity index (χ1v) is 12.2. The van der Waals surface area contributed by atoms with Gasteiger partial charge in [-0.15, -0.1) is 0 Å². The van der Waals surface area contributed by atoms with Crippen molar-refractivity contribution in [2.45, 2.75) is 64.5 Å². The normalized spacial score (nSPS) is 23.3. The number of amidine groups is 1. The van der Waals surface area contributed by atoms with Crippen LogP contribution in [0.1, 0.15) is 58.4 Å². The second-order valence-corrected chi connectivity index (χ2v) is 11.4. The van der Waals surface area contributed by atoms with Crippen molar-refractivity contribution in [1.82, 2.24) is 20.1 Å². The van der Waals surface area contributed by atoms with Crippen LogP contribution in [0, 0.1) is 10.8 Å². The highest BCUT2D eigenvalue weighted by Gasteiger charge is 2.54. The molecule has 1 atom stereocenters. The number of carbonyl (C=O) groups excluding carboxylic acids is 1. The lowest BCUT2D eigenvalue weighted by molar-refractivity contribution is -0.0813. The number of nitrogens with zero attached hydrogens (tertiary/aromatic N) is 3. The van der Waals surface area contributed by atoms with Crippen molar-refractivity contribution in [2.24, 2.45) is 5.41 Å². The fraction of sp³-hybridized carbons (Fsp3) is 0.625. The highest BCUT2D eigenvalue weighted by atomic mass is 79.9. The van der Waals surface area contributed by atoms with Crippen molar-refractivity contribution < 1.29 is 9.53 Å². The summed E-state index contributed by atoms with van der Waals surface area (Å²) >= 11 is 3.66. The molecule has 1 amide bonds. The van der Waals surface area contributed by atoms with Gasteiger partial charge in [0.15, 0.2) is 0 Å². The molecule has 32 heavy (non-hydrogen) atoms. The van der Waals surface area contributed by atoms with Crippen LogP contribution >= 0.6 is 15.9 Å². The van der Waals surface area contributed by atoms with Gasteiger partial charge >= 0.3 is 6.09 Å². The summed E-state index contributed by atoms with van der Waals surface area (Å²) in [6.07, 6.45) is 6.66. The Morgan fingerprint density at radius 3 is 2.66 bits per heavy atom. The summed E-state index contributed by atoms with van der Waals surface area (Å²) < 4.78 is 6.29. The van der Waals surface area contributed by atoms with Gasteiger partial charge in [0.05, 0.1) is 4.48 Å². The molecule has 1 spiro atoms. The number of hydrogen-bond donors (Lipinski definition) is 2. The van der Waals surface area contributed by atoms with Crippen LogP contribution in [0.4, 0.5) is 4.79 Å². The Kier molecular flexibility index (Phi) is 6.27. The predicted molar refractivity (Wildman–Crippen MR) is 129 cm³/mol. The minimum atomic E-state index is -0.449. The van der Waals surface area contributed by atoms with Crippen molar-refractivity contribution in [3.63, 3.8) is 0 Å². The van der Waals surface area contributed by atoms with Crippen LogP contribution in [0.3, 0.4) is 0 Å². The summed E-state index contributed by atoms with van der Waals surface area (Å²) in [6, 6.07) is 4.49. The molecule has 3 aliphatic rings. The number of aromatic nitrogens is 1. The Balaban J connectivity index is 1.24. The Bertz CT molecular complexity index is 897. The third kappa shape index (κ3) is 4.95. The largest absolute Gasteiger partial charge is 0.444 e. The summed E-state index contributed by atoms with van der Waals surface area (Å²) in [5.41, 5.74) is 2.04. The van der Waals surface area contributed by atoms with Gasteiger partial charge in [-0.1, -0.05) is 6.07 Å². The molecule has 7 nitrogen and oxygen atoms in total. The molecule has 174 valence electrons. The van der Waals surface area contributed by atoms with Crippen LogP contribution in [0.2, 0.25) is 0 Å². The van der Waals surface area contributed by atoms with Crippen LogP contribution in [-0.2, 0) is 4.74 Å². The van der Waals surface area contributed by atoms with E-state index >= 15 is 0 Å². The van der Waals surface area contributed by atoms with E-state index in [2.05, 4.69) is 37.2 Å². The van der Waals surface area contributed by atoms with Crippen molar-refractivity contribution >= 4 is 27.9 Å². The molecule has 8 heteroatoms. The Labute approximate surface area is 199 Å². The quantitative estimate of drug-likeness (QED) is 0.468. The maximum absolute atomic E-state index is 12.2.